The van der Waals surface area contributed by atoms with Crippen molar-refractivity contribution >= 4 is 17.7 Å². The van der Waals surface area contributed by atoms with Crippen LogP contribution in [0, 0.1) is 0 Å². The molecule has 0 fully saturated rings. The van der Waals surface area contributed by atoms with E-state index in [2.05, 4.69) is 10.1 Å². The third-order valence-corrected chi connectivity index (χ3v) is 4.05. The molecule has 1 amide bonds. The molecule has 118 valence electrons. The number of hydrogen-bond donors (Lipinski definition) is 0. The Balaban J connectivity index is 1.98. The highest BCUT2D eigenvalue weighted by Gasteiger charge is 2.20. The van der Waals surface area contributed by atoms with Crippen molar-refractivity contribution in [3.8, 4) is 5.69 Å². The van der Waals surface area contributed by atoms with Crippen molar-refractivity contribution in [2.75, 3.05) is 5.75 Å². The highest BCUT2D eigenvalue weighted by Crippen LogP contribution is 2.16. The molecule has 0 bridgehead atoms. The monoisotopic (exact) mass is 318 g/mol. The average Bonchev–Trinajstić information content (AvgIpc) is 2.94. The normalized spacial score (nSPS) is 11.2. The van der Waals surface area contributed by atoms with Gasteiger partial charge in [0, 0.05) is 12.1 Å². The van der Waals surface area contributed by atoms with Gasteiger partial charge in [-0.15, -0.1) is 5.10 Å². The molecule has 0 saturated heterocycles. The van der Waals surface area contributed by atoms with Crippen molar-refractivity contribution < 1.29 is 4.79 Å². The van der Waals surface area contributed by atoms with E-state index in [1.165, 1.54) is 11.8 Å². The molecule has 0 radical (unpaired) electrons. The zero-order valence-corrected chi connectivity index (χ0v) is 14.2. The Morgan fingerprint density at radius 2 is 1.82 bits per heavy atom. The van der Waals surface area contributed by atoms with Gasteiger partial charge in [0.1, 0.15) is 6.33 Å². The Morgan fingerprint density at radius 1 is 1.18 bits per heavy atom. The first-order chi connectivity index (χ1) is 10.5. The van der Waals surface area contributed by atoms with E-state index in [0.29, 0.717) is 10.9 Å². The summed E-state index contributed by atoms with van der Waals surface area (Å²) in [5.41, 5.74) is 0.958. The maximum absolute atomic E-state index is 12.3. The highest BCUT2D eigenvalue weighted by molar-refractivity contribution is 7.99. The molecule has 5 nitrogen and oxygen atoms in total. The number of thioether (sulfide) groups is 1. The number of hydrogen-bond acceptors (Lipinski definition) is 4. The Hall–Kier alpha value is -1.82. The number of benzene rings is 1. The Kier molecular flexibility index (Phi) is 5.60. The minimum Gasteiger partial charge on any atom is -0.337 e. The van der Waals surface area contributed by atoms with Gasteiger partial charge in [0.25, 0.3) is 0 Å². The summed E-state index contributed by atoms with van der Waals surface area (Å²) in [6.45, 7) is 8.13. The van der Waals surface area contributed by atoms with E-state index >= 15 is 0 Å². The maximum Gasteiger partial charge on any atom is 0.233 e. The van der Waals surface area contributed by atoms with Crippen molar-refractivity contribution in [2.45, 2.75) is 44.9 Å². The summed E-state index contributed by atoms with van der Waals surface area (Å²) in [4.78, 5) is 18.5. The second kappa shape index (κ2) is 7.45. The molecule has 0 N–H and O–H groups in total. The fourth-order valence-corrected chi connectivity index (χ4v) is 3.06. The van der Waals surface area contributed by atoms with Crippen LogP contribution >= 0.6 is 11.8 Å². The lowest BCUT2D eigenvalue weighted by Gasteiger charge is -2.30. The van der Waals surface area contributed by atoms with Gasteiger partial charge in [-0.1, -0.05) is 30.0 Å². The number of nitrogens with zero attached hydrogens (tertiary/aromatic N) is 4. The molecule has 0 saturated carbocycles. The SMILES string of the molecule is CC(C)N(C(=O)CSc1ncn(-c2ccccc2)n1)C(C)C. The van der Waals surface area contributed by atoms with Crippen LogP contribution in [0.5, 0.6) is 0 Å². The van der Waals surface area contributed by atoms with Gasteiger partial charge in [-0.3, -0.25) is 4.79 Å². The lowest BCUT2D eigenvalue weighted by Crippen LogP contribution is -2.43. The van der Waals surface area contributed by atoms with Crippen LogP contribution in [0.3, 0.4) is 0 Å². The fraction of sp³-hybridized carbons (Fsp3) is 0.438. The lowest BCUT2D eigenvalue weighted by molar-refractivity contribution is -0.131. The Morgan fingerprint density at radius 3 is 2.41 bits per heavy atom. The standard InChI is InChI=1S/C16H22N4OS/c1-12(2)20(13(3)4)15(21)10-22-16-17-11-19(18-16)14-8-6-5-7-9-14/h5-9,11-13H,10H2,1-4H3. The molecule has 1 aromatic heterocycles. The van der Waals surface area contributed by atoms with E-state index in [4.69, 9.17) is 0 Å². The topological polar surface area (TPSA) is 51.0 Å². The molecule has 2 rings (SSSR count). The molecule has 0 aliphatic rings. The van der Waals surface area contributed by atoms with Gasteiger partial charge in [0.05, 0.1) is 11.4 Å². The van der Waals surface area contributed by atoms with Crippen molar-refractivity contribution in [3.05, 3.63) is 36.7 Å². The number of rotatable bonds is 6. The lowest BCUT2D eigenvalue weighted by atomic mass is 10.2. The summed E-state index contributed by atoms with van der Waals surface area (Å²) in [6.07, 6.45) is 1.67. The second-order valence-corrected chi connectivity index (χ2v) is 6.53. The van der Waals surface area contributed by atoms with E-state index in [1.807, 2.05) is 62.9 Å². The smallest absolute Gasteiger partial charge is 0.233 e. The summed E-state index contributed by atoms with van der Waals surface area (Å²) in [7, 11) is 0. The van der Waals surface area contributed by atoms with Crippen molar-refractivity contribution in [1.29, 1.82) is 0 Å². The van der Waals surface area contributed by atoms with Gasteiger partial charge in [-0.05, 0) is 39.8 Å². The number of aromatic nitrogens is 3. The number of carbonyl (C=O) groups is 1. The number of amides is 1. The number of carbonyl (C=O) groups excluding carboxylic acids is 1. The van der Waals surface area contributed by atoms with E-state index in [9.17, 15) is 4.79 Å². The molecular formula is C16H22N4OS. The fourth-order valence-electron chi connectivity index (χ4n) is 2.39. The van der Waals surface area contributed by atoms with Crippen LogP contribution in [0.15, 0.2) is 41.8 Å². The third kappa shape index (κ3) is 4.10. The van der Waals surface area contributed by atoms with E-state index in [0.717, 1.165) is 5.69 Å². The van der Waals surface area contributed by atoms with Gasteiger partial charge in [-0.2, -0.15) is 0 Å². The molecule has 6 heteroatoms. The zero-order chi connectivity index (χ0) is 16.1. The first-order valence-corrected chi connectivity index (χ1v) is 8.38. The minimum absolute atomic E-state index is 0.117. The largest absolute Gasteiger partial charge is 0.337 e. The first kappa shape index (κ1) is 16.5. The summed E-state index contributed by atoms with van der Waals surface area (Å²) in [5.74, 6) is 0.473. The summed E-state index contributed by atoms with van der Waals surface area (Å²) in [6, 6.07) is 10.2. The molecule has 0 spiro atoms. The average molecular weight is 318 g/mol. The van der Waals surface area contributed by atoms with E-state index in [1.54, 1.807) is 11.0 Å². The molecular weight excluding hydrogens is 296 g/mol. The molecule has 0 unspecified atom stereocenters. The van der Waals surface area contributed by atoms with Crippen LogP contribution < -0.4 is 0 Å². The van der Waals surface area contributed by atoms with Crippen LogP contribution in [0.4, 0.5) is 0 Å². The number of para-hydroxylation sites is 1. The van der Waals surface area contributed by atoms with E-state index in [-0.39, 0.29) is 18.0 Å². The van der Waals surface area contributed by atoms with Crippen molar-refractivity contribution in [2.24, 2.45) is 0 Å². The van der Waals surface area contributed by atoms with Crippen LogP contribution in [0.25, 0.3) is 5.69 Å². The predicted molar refractivity (Wildman–Crippen MR) is 89.2 cm³/mol. The first-order valence-electron chi connectivity index (χ1n) is 7.40. The summed E-state index contributed by atoms with van der Waals surface area (Å²) in [5, 5.41) is 5.01. The molecule has 2 aromatic rings. The van der Waals surface area contributed by atoms with E-state index < -0.39 is 0 Å². The molecule has 1 heterocycles. The summed E-state index contributed by atoms with van der Waals surface area (Å²) < 4.78 is 1.72. The van der Waals surface area contributed by atoms with Crippen LogP contribution in [0.1, 0.15) is 27.7 Å². The minimum atomic E-state index is 0.117. The van der Waals surface area contributed by atoms with Crippen LogP contribution in [-0.2, 0) is 4.79 Å². The third-order valence-electron chi connectivity index (χ3n) is 3.22. The quantitative estimate of drug-likeness (QED) is 0.768. The second-order valence-electron chi connectivity index (χ2n) is 5.58. The van der Waals surface area contributed by atoms with Gasteiger partial charge < -0.3 is 4.90 Å². The van der Waals surface area contributed by atoms with Gasteiger partial charge in [0.2, 0.25) is 11.1 Å². The van der Waals surface area contributed by atoms with Crippen LogP contribution in [0.2, 0.25) is 0 Å². The molecule has 1 aromatic carbocycles. The van der Waals surface area contributed by atoms with Crippen LogP contribution in [-0.4, -0.2) is 43.4 Å². The Labute approximate surface area is 135 Å². The molecule has 0 aliphatic heterocycles. The molecule has 0 atom stereocenters. The zero-order valence-electron chi connectivity index (χ0n) is 13.4. The van der Waals surface area contributed by atoms with Gasteiger partial charge >= 0.3 is 0 Å². The predicted octanol–water partition coefficient (Wildman–Crippen LogP) is 3.00. The van der Waals surface area contributed by atoms with Gasteiger partial charge in [0.15, 0.2) is 0 Å². The van der Waals surface area contributed by atoms with Gasteiger partial charge in [-0.25, -0.2) is 9.67 Å². The molecule has 22 heavy (non-hydrogen) atoms. The summed E-state index contributed by atoms with van der Waals surface area (Å²) >= 11 is 1.37. The molecule has 0 aliphatic carbocycles. The highest BCUT2D eigenvalue weighted by atomic mass is 32.2. The maximum atomic E-state index is 12.3. The Bertz CT molecular complexity index is 602. The van der Waals surface area contributed by atoms with Crippen molar-refractivity contribution in [1.82, 2.24) is 19.7 Å². The van der Waals surface area contributed by atoms with Crippen molar-refractivity contribution in [3.63, 3.8) is 0 Å².